The van der Waals surface area contributed by atoms with Gasteiger partial charge in [-0.1, -0.05) is 11.6 Å². The van der Waals surface area contributed by atoms with Crippen molar-refractivity contribution in [3.8, 4) is 5.75 Å². The fraction of sp³-hybridized carbons (Fsp3) is 0.467. The zero-order valence-electron chi connectivity index (χ0n) is 12.9. The van der Waals surface area contributed by atoms with Crippen molar-refractivity contribution in [1.82, 2.24) is 5.32 Å². The molecule has 7 heteroatoms. The number of carbonyl (C=O) groups is 2. The zero-order chi connectivity index (χ0) is 17.1. The molecule has 0 aliphatic heterocycles. The molecule has 0 spiro atoms. The number of phenolic OH excluding ortho intramolecular Hbond substituents is 1. The fourth-order valence-corrected chi connectivity index (χ4v) is 1.93. The Balaban J connectivity index is 2.88. The molecule has 0 saturated carbocycles. The normalized spacial score (nSPS) is 12.6. The van der Waals surface area contributed by atoms with Gasteiger partial charge in [0.2, 0.25) is 0 Å². The number of alkyl carbamates (subject to hydrolysis) is 1. The lowest BCUT2D eigenvalue weighted by atomic mass is 10.0. The standard InChI is InChI=1S/C15H20ClNO5/c1-8-5-12(18)9(6-10(8)16)7-11(13(19)20)17-14(21)22-15(2,3)4/h5-6,11,18H,7H2,1-4H3,(H,17,21)(H,19,20). The van der Waals surface area contributed by atoms with Crippen LogP contribution in [-0.4, -0.2) is 33.9 Å². The van der Waals surface area contributed by atoms with Crippen molar-refractivity contribution in [3.05, 3.63) is 28.3 Å². The van der Waals surface area contributed by atoms with Crippen LogP contribution in [0.5, 0.6) is 5.75 Å². The van der Waals surface area contributed by atoms with E-state index in [1.807, 2.05) is 0 Å². The van der Waals surface area contributed by atoms with Gasteiger partial charge >= 0.3 is 12.1 Å². The van der Waals surface area contributed by atoms with Crippen LogP contribution in [-0.2, 0) is 16.0 Å². The van der Waals surface area contributed by atoms with Gasteiger partial charge in [-0.2, -0.15) is 0 Å². The summed E-state index contributed by atoms with van der Waals surface area (Å²) in [5.41, 5.74) is 0.275. The highest BCUT2D eigenvalue weighted by Gasteiger charge is 2.25. The van der Waals surface area contributed by atoms with Crippen molar-refractivity contribution in [2.75, 3.05) is 0 Å². The van der Waals surface area contributed by atoms with Crippen LogP contribution >= 0.6 is 11.6 Å². The minimum Gasteiger partial charge on any atom is -0.508 e. The number of aryl methyl sites for hydroxylation is 1. The summed E-state index contributed by atoms with van der Waals surface area (Å²) in [7, 11) is 0. The highest BCUT2D eigenvalue weighted by atomic mass is 35.5. The highest BCUT2D eigenvalue weighted by molar-refractivity contribution is 6.31. The maximum atomic E-state index is 11.7. The largest absolute Gasteiger partial charge is 0.508 e. The average Bonchev–Trinajstić information content (AvgIpc) is 2.32. The summed E-state index contributed by atoms with van der Waals surface area (Å²) in [6, 6.07) is 1.70. The van der Waals surface area contributed by atoms with Crippen molar-refractivity contribution in [3.63, 3.8) is 0 Å². The molecule has 1 unspecified atom stereocenters. The lowest BCUT2D eigenvalue weighted by Gasteiger charge is -2.22. The summed E-state index contributed by atoms with van der Waals surface area (Å²) in [6.45, 7) is 6.75. The van der Waals surface area contributed by atoms with Crippen molar-refractivity contribution in [2.45, 2.75) is 45.8 Å². The first-order chi connectivity index (χ1) is 9.99. The molecule has 0 aliphatic rings. The predicted octanol–water partition coefficient (Wildman–Crippen LogP) is 2.87. The molecule has 0 bridgehead atoms. The van der Waals surface area contributed by atoms with E-state index >= 15 is 0 Å². The summed E-state index contributed by atoms with van der Waals surface area (Å²) in [4.78, 5) is 23.0. The van der Waals surface area contributed by atoms with Crippen molar-refractivity contribution in [1.29, 1.82) is 0 Å². The number of halogens is 1. The van der Waals surface area contributed by atoms with Gasteiger partial charge in [-0.25, -0.2) is 9.59 Å². The van der Waals surface area contributed by atoms with E-state index in [1.165, 1.54) is 12.1 Å². The van der Waals surface area contributed by atoms with Gasteiger partial charge in [-0.3, -0.25) is 0 Å². The highest BCUT2D eigenvalue weighted by Crippen LogP contribution is 2.26. The van der Waals surface area contributed by atoms with Crippen molar-refractivity contribution >= 4 is 23.7 Å². The Morgan fingerprint density at radius 2 is 1.95 bits per heavy atom. The van der Waals surface area contributed by atoms with Gasteiger partial charge in [0, 0.05) is 11.4 Å². The zero-order valence-corrected chi connectivity index (χ0v) is 13.7. The van der Waals surface area contributed by atoms with Gasteiger partial charge in [-0.15, -0.1) is 0 Å². The monoisotopic (exact) mass is 329 g/mol. The number of aromatic hydroxyl groups is 1. The molecule has 1 rings (SSSR count). The van der Waals surface area contributed by atoms with E-state index in [0.29, 0.717) is 16.1 Å². The smallest absolute Gasteiger partial charge is 0.408 e. The number of amides is 1. The molecule has 0 aliphatic carbocycles. The third-order valence-electron chi connectivity index (χ3n) is 2.77. The molecule has 3 N–H and O–H groups in total. The van der Waals surface area contributed by atoms with E-state index in [1.54, 1.807) is 27.7 Å². The lowest BCUT2D eigenvalue weighted by Crippen LogP contribution is -2.44. The fourth-order valence-electron chi connectivity index (χ4n) is 1.74. The minimum absolute atomic E-state index is 0.0702. The van der Waals surface area contributed by atoms with Crippen LogP contribution in [0.1, 0.15) is 31.9 Å². The molecule has 0 aromatic heterocycles. The lowest BCUT2D eigenvalue weighted by molar-refractivity contribution is -0.139. The van der Waals surface area contributed by atoms with E-state index in [4.69, 9.17) is 16.3 Å². The Morgan fingerprint density at radius 1 is 1.36 bits per heavy atom. The molecular weight excluding hydrogens is 310 g/mol. The number of nitrogens with one attached hydrogen (secondary N) is 1. The SMILES string of the molecule is Cc1cc(O)c(CC(NC(=O)OC(C)(C)C)C(=O)O)cc1Cl. The summed E-state index contributed by atoms with van der Waals surface area (Å²) >= 11 is 5.97. The Labute approximate surface area is 134 Å². The first-order valence-corrected chi connectivity index (χ1v) is 7.07. The van der Waals surface area contributed by atoms with E-state index in [-0.39, 0.29) is 12.2 Å². The van der Waals surface area contributed by atoms with Crippen LogP contribution in [0.3, 0.4) is 0 Å². The molecule has 1 aromatic carbocycles. The number of aliphatic carboxylic acids is 1. The molecule has 22 heavy (non-hydrogen) atoms. The Morgan fingerprint density at radius 3 is 2.45 bits per heavy atom. The third-order valence-corrected chi connectivity index (χ3v) is 3.18. The summed E-state index contributed by atoms with van der Waals surface area (Å²) in [6.07, 6.45) is -0.946. The van der Waals surface area contributed by atoms with Crippen LogP contribution in [0.2, 0.25) is 5.02 Å². The van der Waals surface area contributed by atoms with Crippen molar-refractivity contribution in [2.24, 2.45) is 0 Å². The molecule has 0 heterocycles. The van der Waals surface area contributed by atoms with Gasteiger partial charge in [0.25, 0.3) is 0 Å². The second-order valence-corrected chi connectivity index (χ2v) is 6.38. The average molecular weight is 330 g/mol. The topological polar surface area (TPSA) is 95.9 Å². The van der Waals surface area contributed by atoms with Crippen LogP contribution in [0.25, 0.3) is 0 Å². The molecule has 1 aromatic rings. The first-order valence-electron chi connectivity index (χ1n) is 6.70. The molecule has 1 amide bonds. The first kappa shape index (κ1) is 18.1. The molecule has 0 radical (unpaired) electrons. The van der Waals surface area contributed by atoms with E-state index in [9.17, 15) is 19.8 Å². The summed E-state index contributed by atoms with van der Waals surface area (Å²) < 4.78 is 5.03. The summed E-state index contributed by atoms with van der Waals surface area (Å²) in [5, 5.41) is 21.8. The second kappa shape index (κ2) is 6.87. The molecule has 6 nitrogen and oxygen atoms in total. The number of carbonyl (C=O) groups excluding carboxylic acids is 1. The minimum atomic E-state index is -1.24. The van der Waals surface area contributed by atoms with E-state index in [0.717, 1.165) is 0 Å². The van der Waals surface area contributed by atoms with Crippen LogP contribution < -0.4 is 5.32 Å². The summed E-state index contributed by atoms with van der Waals surface area (Å²) in [5.74, 6) is -1.30. The van der Waals surface area contributed by atoms with Gasteiger partial charge in [0.15, 0.2) is 0 Å². The van der Waals surface area contributed by atoms with Crippen LogP contribution in [0.15, 0.2) is 12.1 Å². The maximum absolute atomic E-state index is 11.7. The third kappa shape index (κ3) is 5.44. The Bertz CT molecular complexity index is 580. The molecule has 0 saturated heterocycles. The molecule has 1 atom stereocenters. The Kier molecular flexibility index (Phi) is 5.65. The van der Waals surface area contributed by atoms with Gasteiger partial charge in [0.1, 0.15) is 17.4 Å². The second-order valence-electron chi connectivity index (χ2n) is 5.97. The van der Waals surface area contributed by atoms with Gasteiger partial charge in [-0.05, 0) is 51.0 Å². The number of ether oxygens (including phenoxy) is 1. The molecule has 0 fully saturated rings. The van der Waals surface area contributed by atoms with E-state index < -0.39 is 23.7 Å². The number of carboxylic acid groups (broad SMARTS) is 1. The van der Waals surface area contributed by atoms with E-state index in [2.05, 4.69) is 5.32 Å². The number of phenols is 1. The number of benzene rings is 1. The molecular formula is C15H20ClNO5. The number of carboxylic acids is 1. The quantitative estimate of drug-likeness (QED) is 0.789. The molecule has 122 valence electrons. The van der Waals surface area contributed by atoms with Gasteiger partial charge < -0.3 is 20.3 Å². The number of hydrogen-bond donors (Lipinski definition) is 3. The van der Waals surface area contributed by atoms with Crippen molar-refractivity contribution < 1.29 is 24.5 Å². The number of hydrogen-bond acceptors (Lipinski definition) is 4. The Hall–Kier alpha value is -1.95. The predicted molar refractivity (Wildman–Crippen MR) is 82.4 cm³/mol. The van der Waals surface area contributed by atoms with Gasteiger partial charge in [0.05, 0.1) is 0 Å². The van der Waals surface area contributed by atoms with Crippen LogP contribution in [0, 0.1) is 6.92 Å². The van der Waals surface area contributed by atoms with Crippen LogP contribution in [0.4, 0.5) is 4.79 Å². The maximum Gasteiger partial charge on any atom is 0.408 e. The number of rotatable bonds is 4.